The van der Waals surface area contributed by atoms with Crippen molar-refractivity contribution in [2.75, 3.05) is 34.4 Å². The normalized spacial score (nSPS) is 16.9. The number of nitrogens with one attached hydrogen (secondary N) is 2. The van der Waals surface area contributed by atoms with E-state index in [9.17, 15) is 14.4 Å². The van der Waals surface area contributed by atoms with Crippen molar-refractivity contribution < 1.29 is 14.4 Å². The number of nitrogens with zero attached hydrogens (tertiary/aromatic N) is 1. The van der Waals surface area contributed by atoms with E-state index in [0.29, 0.717) is 49.3 Å². The number of fused-ring (bicyclic) bond motifs is 1. The molecule has 2 aliphatic rings. The van der Waals surface area contributed by atoms with Gasteiger partial charge in [-0.1, -0.05) is 12.1 Å². The Balaban J connectivity index is 1.51. The summed E-state index contributed by atoms with van der Waals surface area (Å²) in [6.45, 7) is 1.42. The number of primary amides is 1. The van der Waals surface area contributed by atoms with Gasteiger partial charge in [0.25, 0.3) is 5.91 Å². The fourth-order valence-corrected chi connectivity index (χ4v) is 4.75. The van der Waals surface area contributed by atoms with Crippen LogP contribution in [0.3, 0.4) is 0 Å². The monoisotopic (exact) mass is 424 g/mol. The summed E-state index contributed by atoms with van der Waals surface area (Å²) in [5.41, 5.74) is 8.24. The summed E-state index contributed by atoms with van der Waals surface area (Å²) in [5.74, 6) is 0.120. The summed E-state index contributed by atoms with van der Waals surface area (Å²) in [4.78, 5) is 39.3. The molecular weight excluding hydrogens is 400 g/mol. The number of benzene rings is 2. The van der Waals surface area contributed by atoms with Crippen molar-refractivity contribution in [1.29, 1.82) is 0 Å². The average molecular weight is 425 g/mol. The number of carbonyl (C=O) groups excluding carboxylic acids is 3. The highest BCUT2D eigenvalue weighted by molar-refractivity contribution is 7.99. The van der Waals surface area contributed by atoms with Crippen LogP contribution in [-0.4, -0.2) is 36.6 Å². The van der Waals surface area contributed by atoms with Crippen LogP contribution in [0, 0.1) is 5.92 Å². The van der Waals surface area contributed by atoms with Crippen LogP contribution >= 0.6 is 11.8 Å². The van der Waals surface area contributed by atoms with Gasteiger partial charge in [-0.3, -0.25) is 14.4 Å². The lowest BCUT2D eigenvalue weighted by atomic mass is 9.96. The van der Waals surface area contributed by atoms with Gasteiger partial charge in [-0.15, -0.1) is 11.8 Å². The largest absolute Gasteiger partial charge is 0.370 e. The molecule has 7 nitrogen and oxygen atoms in total. The molecule has 4 N–H and O–H groups in total. The number of carbonyl (C=O) groups is 3. The number of hydrogen-bond acceptors (Lipinski definition) is 5. The van der Waals surface area contributed by atoms with Crippen molar-refractivity contribution in [2.45, 2.75) is 24.2 Å². The molecule has 1 saturated heterocycles. The summed E-state index contributed by atoms with van der Waals surface area (Å²) < 4.78 is 0. The molecule has 0 radical (unpaired) electrons. The molecule has 0 aliphatic carbocycles. The van der Waals surface area contributed by atoms with Crippen molar-refractivity contribution in [3.8, 4) is 0 Å². The molecule has 3 amide bonds. The maximum atomic E-state index is 12.9. The lowest BCUT2D eigenvalue weighted by Crippen LogP contribution is -2.38. The second-order valence-corrected chi connectivity index (χ2v) is 8.63. The number of nitrogens with two attached hydrogens (primary N) is 1. The van der Waals surface area contributed by atoms with Gasteiger partial charge in [0.2, 0.25) is 11.8 Å². The fourth-order valence-electron chi connectivity index (χ4n) is 3.82. The molecule has 2 aromatic rings. The molecule has 30 heavy (non-hydrogen) atoms. The number of para-hydroxylation sites is 2. The Bertz CT molecular complexity index is 986. The van der Waals surface area contributed by atoms with Crippen LogP contribution in [0.15, 0.2) is 47.4 Å². The van der Waals surface area contributed by atoms with Gasteiger partial charge in [0.1, 0.15) is 0 Å². The van der Waals surface area contributed by atoms with Crippen LogP contribution in [0.5, 0.6) is 0 Å². The Morgan fingerprint density at radius 2 is 1.90 bits per heavy atom. The number of anilines is 3. The molecular formula is C22H24N4O3S. The Morgan fingerprint density at radius 3 is 2.67 bits per heavy atom. The van der Waals surface area contributed by atoms with E-state index in [1.165, 1.54) is 0 Å². The van der Waals surface area contributed by atoms with Crippen molar-refractivity contribution in [2.24, 2.45) is 11.7 Å². The minimum absolute atomic E-state index is 0.0384. The first-order valence-electron chi connectivity index (χ1n) is 10.0. The molecule has 0 bridgehead atoms. The van der Waals surface area contributed by atoms with E-state index in [4.69, 9.17) is 5.73 Å². The number of thioether (sulfide) groups is 1. The predicted octanol–water partition coefficient (Wildman–Crippen LogP) is 3.07. The van der Waals surface area contributed by atoms with E-state index in [0.717, 1.165) is 16.3 Å². The van der Waals surface area contributed by atoms with Crippen molar-refractivity contribution in [1.82, 2.24) is 0 Å². The third kappa shape index (κ3) is 4.43. The zero-order chi connectivity index (χ0) is 21.1. The van der Waals surface area contributed by atoms with Gasteiger partial charge in [-0.05, 0) is 43.2 Å². The Morgan fingerprint density at radius 1 is 1.13 bits per heavy atom. The van der Waals surface area contributed by atoms with Gasteiger partial charge in [0, 0.05) is 41.6 Å². The maximum absolute atomic E-state index is 12.9. The Kier molecular flexibility index (Phi) is 5.94. The third-order valence-electron chi connectivity index (χ3n) is 5.49. The van der Waals surface area contributed by atoms with E-state index in [1.807, 2.05) is 30.3 Å². The smallest absolute Gasteiger partial charge is 0.255 e. The quantitative estimate of drug-likeness (QED) is 0.700. The first-order chi connectivity index (χ1) is 14.5. The lowest BCUT2D eigenvalue weighted by molar-refractivity contribution is -0.122. The Labute approximate surface area is 179 Å². The van der Waals surface area contributed by atoms with E-state index in [1.54, 1.807) is 23.9 Å². The lowest BCUT2D eigenvalue weighted by Gasteiger charge is -2.33. The topological polar surface area (TPSA) is 105 Å². The first kappa shape index (κ1) is 20.3. The number of hydrogen-bond donors (Lipinski definition) is 3. The molecule has 2 aliphatic heterocycles. The maximum Gasteiger partial charge on any atom is 0.255 e. The molecule has 2 heterocycles. The second-order valence-electron chi connectivity index (χ2n) is 7.49. The van der Waals surface area contributed by atoms with Crippen LogP contribution in [0.25, 0.3) is 0 Å². The number of piperidine rings is 1. The van der Waals surface area contributed by atoms with Gasteiger partial charge in [-0.25, -0.2) is 0 Å². The summed E-state index contributed by atoms with van der Waals surface area (Å²) in [6, 6.07) is 13.0. The van der Waals surface area contributed by atoms with Gasteiger partial charge < -0.3 is 21.3 Å². The molecule has 4 rings (SSSR count). The van der Waals surface area contributed by atoms with E-state index >= 15 is 0 Å². The van der Waals surface area contributed by atoms with Crippen LogP contribution in [0.2, 0.25) is 0 Å². The van der Waals surface area contributed by atoms with Gasteiger partial charge in [0.15, 0.2) is 0 Å². The van der Waals surface area contributed by atoms with Crippen LogP contribution in [0.4, 0.5) is 17.1 Å². The molecule has 0 saturated carbocycles. The predicted molar refractivity (Wildman–Crippen MR) is 119 cm³/mol. The summed E-state index contributed by atoms with van der Waals surface area (Å²) >= 11 is 1.61. The molecule has 8 heteroatoms. The van der Waals surface area contributed by atoms with Crippen molar-refractivity contribution >= 4 is 46.5 Å². The standard InChI is InChI=1S/C22H24N4O3S/c23-21(28)14-7-10-26(11-8-14)18-4-2-1-3-16(18)25-22(29)15-5-6-19-17(13-15)24-20(27)9-12-30-19/h1-6,13-14H,7-12H2,(H2,23,28)(H,24,27)(H,25,29). The molecule has 156 valence electrons. The highest BCUT2D eigenvalue weighted by Gasteiger charge is 2.25. The van der Waals surface area contributed by atoms with Crippen molar-refractivity contribution in [3.05, 3.63) is 48.0 Å². The van der Waals surface area contributed by atoms with Crippen LogP contribution in [0.1, 0.15) is 29.6 Å². The SMILES string of the molecule is NC(=O)C1CCN(c2ccccc2NC(=O)c2ccc3c(c2)NC(=O)CCS3)CC1. The highest BCUT2D eigenvalue weighted by Crippen LogP contribution is 2.33. The summed E-state index contributed by atoms with van der Waals surface area (Å²) in [6.07, 6.45) is 1.88. The molecule has 0 unspecified atom stereocenters. The average Bonchev–Trinajstić information content (AvgIpc) is 2.94. The zero-order valence-corrected chi connectivity index (χ0v) is 17.3. The molecule has 0 spiro atoms. The van der Waals surface area contributed by atoms with Gasteiger partial charge in [-0.2, -0.15) is 0 Å². The second kappa shape index (κ2) is 8.79. The van der Waals surface area contributed by atoms with Crippen LogP contribution < -0.4 is 21.3 Å². The minimum Gasteiger partial charge on any atom is -0.370 e. The third-order valence-corrected chi connectivity index (χ3v) is 6.57. The molecule has 0 aromatic heterocycles. The molecule has 2 aromatic carbocycles. The van der Waals surface area contributed by atoms with Crippen molar-refractivity contribution in [3.63, 3.8) is 0 Å². The molecule has 1 fully saturated rings. The zero-order valence-electron chi connectivity index (χ0n) is 16.5. The van der Waals surface area contributed by atoms with E-state index in [-0.39, 0.29) is 23.6 Å². The molecule has 0 atom stereocenters. The fraction of sp³-hybridized carbons (Fsp3) is 0.318. The highest BCUT2D eigenvalue weighted by atomic mass is 32.2. The van der Waals surface area contributed by atoms with E-state index in [2.05, 4.69) is 15.5 Å². The van der Waals surface area contributed by atoms with Gasteiger partial charge >= 0.3 is 0 Å². The Hall–Kier alpha value is -3.00. The number of rotatable bonds is 4. The van der Waals surface area contributed by atoms with E-state index < -0.39 is 0 Å². The summed E-state index contributed by atoms with van der Waals surface area (Å²) in [5, 5.41) is 5.87. The van der Waals surface area contributed by atoms with Crippen LogP contribution in [-0.2, 0) is 9.59 Å². The van der Waals surface area contributed by atoms with Gasteiger partial charge in [0.05, 0.1) is 17.1 Å². The number of amides is 3. The first-order valence-corrected chi connectivity index (χ1v) is 11.0. The minimum atomic E-state index is -0.246. The summed E-state index contributed by atoms with van der Waals surface area (Å²) in [7, 11) is 0.